The number of benzene rings is 1. The van der Waals surface area contributed by atoms with Crippen LogP contribution in [-0.2, 0) is 26.3 Å². The molecule has 0 radical (unpaired) electrons. The Morgan fingerprint density at radius 2 is 1.93 bits per heavy atom. The first-order valence-electron chi connectivity index (χ1n) is 7.59. The quantitative estimate of drug-likeness (QED) is 0.363. The molecule has 0 saturated carbocycles. The summed E-state index contributed by atoms with van der Waals surface area (Å²) in [5.41, 5.74) is 5.59. The molecule has 1 aromatic heterocycles. The number of nitrogens with one attached hydrogen (secondary N) is 1. The van der Waals surface area contributed by atoms with Gasteiger partial charge in [-0.1, -0.05) is 6.07 Å². The molecule has 27 heavy (non-hydrogen) atoms. The second kappa shape index (κ2) is 9.67. The number of aromatic nitrogens is 2. The lowest BCUT2D eigenvalue weighted by Crippen LogP contribution is -2.31. The van der Waals surface area contributed by atoms with Gasteiger partial charge in [-0.05, 0) is 17.7 Å². The Bertz CT molecular complexity index is 793. The minimum atomic E-state index is -4.52. The van der Waals surface area contributed by atoms with Gasteiger partial charge in [0.25, 0.3) is 0 Å². The zero-order chi connectivity index (χ0) is 19.3. The van der Waals surface area contributed by atoms with Crippen LogP contribution in [0.3, 0.4) is 0 Å². The highest BCUT2D eigenvalue weighted by Crippen LogP contribution is 2.30. The number of nitrogens with zero attached hydrogens (tertiary/aromatic N) is 3. The Balaban J connectivity index is 0.00000364. The van der Waals surface area contributed by atoms with Gasteiger partial charge >= 0.3 is 6.18 Å². The van der Waals surface area contributed by atoms with Crippen LogP contribution in [0.5, 0.6) is 11.5 Å². The van der Waals surface area contributed by atoms with Crippen molar-refractivity contribution in [1.82, 2.24) is 15.1 Å². The third-order valence-corrected chi connectivity index (χ3v) is 3.51. The van der Waals surface area contributed by atoms with Crippen LogP contribution < -0.4 is 20.5 Å². The summed E-state index contributed by atoms with van der Waals surface area (Å²) in [7, 11) is 4.48. The van der Waals surface area contributed by atoms with Crippen LogP contribution in [0, 0.1) is 0 Å². The van der Waals surface area contributed by atoms with Crippen LogP contribution in [0.1, 0.15) is 16.8 Å². The molecule has 11 heteroatoms. The molecule has 150 valence electrons. The number of hydrogen-bond acceptors (Lipinski definition) is 4. The number of nitrogens with two attached hydrogens (primary N) is 1. The van der Waals surface area contributed by atoms with E-state index in [0.29, 0.717) is 11.5 Å². The fraction of sp³-hybridized carbons (Fsp3) is 0.375. The third kappa shape index (κ3) is 6.19. The molecule has 0 aliphatic rings. The minimum absolute atomic E-state index is 0. The maximum absolute atomic E-state index is 12.9. The lowest BCUT2D eigenvalue weighted by Gasteiger charge is -2.09. The third-order valence-electron chi connectivity index (χ3n) is 3.51. The molecule has 1 heterocycles. The van der Waals surface area contributed by atoms with E-state index in [9.17, 15) is 13.2 Å². The van der Waals surface area contributed by atoms with Gasteiger partial charge in [0, 0.05) is 25.4 Å². The first-order valence-corrected chi connectivity index (χ1v) is 7.59. The highest BCUT2D eigenvalue weighted by molar-refractivity contribution is 14.0. The molecule has 3 N–H and O–H groups in total. The lowest BCUT2D eigenvalue weighted by molar-refractivity contribution is -0.142. The summed E-state index contributed by atoms with van der Waals surface area (Å²) in [6.07, 6.45) is -3.23. The Morgan fingerprint density at radius 1 is 1.26 bits per heavy atom. The summed E-state index contributed by atoms with van der Waals surface area (Å²) in [6.45, 7) is 0.0995. The number of methoxy groups -OCH3 is 2. The number of hydrogen-bond donors (Lipinski definition) is 2. The molecular formula is C16H21F3IN5O2. The molecule has 0 unspecified atom stereocenters. The molecule has 0 saturated heterocycles. The molecule has 0 fully saturated rings. The first-order chi connectivity index (χ1) is 12.2. The predicted molar refractivity (Wildman–Crippen MR) is 105 cm³/mol. The zero-order valence-electron chi connectivity index (χ0n) is 15.0. The van der Waals surface area contributed by atoms with Gasteiger partial charge in [0.15, 0.2) is 23.2 Å². The van der Waals surface area contributed by atoms with Gasteiger partial charge in [-0.3, -0.25) is 4.68 Å². The first kappa shape index (κ1) is 22.9. The van der Waals surface area contributed by atoms with Crippen LogP contribution >= 0.6 is 24.0 Å². The minimum Gasteiger partial charge on any atom is -0.493 e. The average molecular weight is 499 g/mol. The van der Waals surface area contributed by atoms with Gasteiger partial charge in [-0.15, -0.1) is 24.0 Å². The zero-order valence-corrected chi connectivity index (χ0v) is 17.3. The van der Waals surface area contributed by atoms with E-state index < -0.39 is 11.9 Å². The van der Waals surface area contributed by atoms with Gasteiger partial charge in [0.05, 0.1) is 20.8 Å². The molecule has 0 aliphatic carbocycles. The van der Waals surface area contributed by atoms with Crippen molar-refractivity contribution in [2.24, 2.45) is 17.8 Å². The fourth-order valence-electron chi connectivity index (χ4n) is 2.30. The van der Waals surface area contributed by atoms with Crippen LogP contribution in [-0.4, -0.2) is 30.0 Å². The molecule has 0 spiro atoms. The largest absolute Gasteiger partial charge is 0.493 e. The molecule has 2 aromatic rings. The van der Waals surface area contributed by atoms with Crippen molar-refractivity contribution >= 4 is 29.9 Å². The van der Waals surface area contributed by atoms with Gasteiger partial charge in [0.1, 0.15) is 0 Å². The molecule has 0 aliphatic heterocycles. The molecule has 0 bridgehead atoms. The van der Waals surface area contributed by atoms with Gasteiger partial charge in [-0.25, -0.2) is 4.99 Å². The van der Waals surface area contributed by atoms with Crippen molar-refractivity contribution in [3.05, 3.63) is 41.2 Å². The number of ether oxygens (including phenoxy) is 2. The summed E-state index contributed by atoms with van der Waals surface area (Å²) < 4.78 is 50.2. The maximum atomic E-state index is 12.9. The van der Waals surface area contributed by atoms with E-state index in [4.69, 9.17) is 15.2 Å². The molecule has 0 atom stereocenters. The van der Waals surface area contributed by atoms with E-state index in [2.05, 4.69) is 15.4 Å². The normalized spacial score (nSPS) is 11.7. The highest BCUT2D eigenvalue weighted by atomic mass is 127. The van der Waals surface area contributed by atoms with Crippen LogP contribution in [0.25, 0.3) is 0 Å². The fourth-order valence-corrected chi connectivity index (χ4v) is 2.30. The van der Waals surface area contributed by atoms with Gasteiger partial charge in [0.2, 0.25) is 0 Å². The van der Waals surface area contributed by atoms with E-state index >= 15 is 0 Å². The Morgan fingerprint density at radius 3 is 2.52 bits per heavy atom. The number of halogens is 4. The monoisotopic (exact) mass is 499 g/mol. The molecule has 7 nitrogen and oxygen atoms in total. The Hall–Kier alpha value is -2.18. The van der Waals surface area contributed by atoms with E-state index in [1.54, 1.807) is 18.2 Å². The van der Waals surface area contributed by atoms with E-state index in [-0.39, 0.29) is 48.6 Å². The van der Waals surface area contributed by atoms with Gasteiger partial charge in [-0.2, -0.15) is 18.3 Å². The van der Waals surface area contributed by atoms with Crippen molar-refractivity contribution < 1.29 is 22.6 Å². The van der Waals surface area contributed by atoms with Crippen LogP contribution in [0.2, 0.25) is 0 Å². The number of guanidine groups is 1. The van der Waals surface area contributed by atoms with E-state index in [1.165, 1.54) is 27.5 Å². The number of rotatable bonds is 6. The Labute approximate surface area is 171 Å². The number of aliphatic imine (C=N–C) groups is 1. The summed E-state index contributed by atoms with van der Waals surface area (Å²) in [4.78, 5) is 4.12. The van der Waals surface area contributed by atoms with Crippen molar-refractivity contribution in [2.45, 2.75) is 19.3 Å². The summed E-state index contributed by atoms with van der Waals surface area (Å²) in [5, 5.41) is 6.10. The van der Waals surface area contributed by atoms with E-state index in [1.807, 2.05) is 0 Å². The molecule has 2 rings (SSSR count). The van der Waals surface area contributed by atoms with Crippen molar-refractivity contribution in [2.75, 3.05) is 14.2 Å². The SMILES string of the molecule is COc1ccc(CN=C(N)NCc2cn(C)nc2C(F)(F)F)cc1OC.I. The molecule has 0 amide bonds. The average Bonchev–Trinajstić information content (AvgIpc) is 2.99. The summed E-state index contributed by atoms with van der Waals surface area (Å²) in [5.74, 6) is 1.16. The van der Waals surface area contributed by atoms with Crippen molar-refractivity contribution in [1.29, 1.82) is 0 Å². The highest BCUT2D eigenvalue weighted by Gasteiger charge is 2.36. The van der Waals surface area contributed by atoms with Gasteiger partial charge < -0.3 is 20.5 Å². The molecule has 1 aromatic carbocycles. The van der Waals surface area contributed by atoms with Crippen LogP contribution in [0.15, 0.2) is 29.4 Å². The summed E-state index contributed by atoms with van der Waals surface area (Å²) in [6, 6.07) is 5.28. The van der Waals surface area contributed by atoms with E-state index in [0.717, 1.165) is 10.2 Å². The Kier molecular flexibility index (Phi) is 8.19. The van der Waals surface area contributed by atoms with Crippen molar-refractivity contribution in [3.63, 3.8) is 0 Å². The smallest absolute Gasteiger partial charge is 0.435 e. The summed E-state index contributed by atoms with van der Waals surface area (Å²) >= 11 is 0. The number of alkyl halides is 3. The predicted octanol–water partition coefficient (Wildman–Crippen LogP) is 2.68. The second-order valence-corrected chi connectivity index (χ2v) is 5.42. The maximum Gasteiger partial charge on any atom is 0.435 e. The van der Waals surface area contributed by atoms with Crippen LogP contribution in [0.4, 0.5) is 13.2 Å². The lowest BCUT2D eigenvalue weighted by atomic mass is 10.2. The topological polar surface area (TPSA) is 86.7 Å². The number of aryl methyl sites for hydroxylation is 1. The standard InChI is InChI=1S/C16H20F3N5O2.HI/c1-24-9-11(14(23-24)16(17,18)19)8-22-15(20)21-7-10-4-5-12(25-2)13(6-10)26-3;/h4-6,9H,7-8H2,1-3H3,(H3,20,21,22);1H. The molecular weight excluding hydrogens is 478 g/mol. The van der Waals surface area contributed by atoms with Crippen molar-refractivity contribution in [3.8, 4) is 11.5 Å². The second-order valence-electron chi connectivity index (χ2n) is 5.42.